The summed E-state index contributed by atoms with van der Waals surface area (Å²) >= 11 is 12.1. The van der Waals surface area contributed by atoms with Gasteiger partial charge in [0.15, 0.2) is 5.75 Å². The van der Waals surface area contributed by atoms with Crippen LogP contribution in [0.2, 0.25) is 10.0 Å². The van der Waals surface area contributed by atoms with Gasteiger partial charge >= 0.3 is 0 Å². The zero-order valence-electron chi connectivity index (χ0n) is 19.4. The Morgan fingerprint density at radius 1 is 1.00 bits per heavy atom. The smallest absolute Gasteiger partial charge is 0.296 e. The highest BCUT2D eigenvalue weighted by Gasteiger charge is 2.21. The first-order chi connectivity index (χ1) is 17.5. The van der Waals surface area contributed by atoms with E-state index >= 15 is 0 Å². The number of carbonyl (C=O) groups is 1. The Hall–Kier alpha value is -3.70. The molecule has 4 aromatic carbocycles. The van der Waals surface area contributed by atoms with Gasteiger partial charge in [-0.25, -0.2) is 0 Å². The SMILES string of the molecule is COc1ccc(NC(=O)c2cc3ccccc3c(N=Nc3c(C)cc(Cl)cc3S(=O)(=O)O)c2O)cc1Cl. The number of nitrogens with zero attached hydrogens (tertiary/aromatic N) is 2. The fourth-order valence-electron chi connectivity index (χ4n) is 3.66. The number of hydrogen-bond acceptors (Lipinski definition) is 7. The molecule has 0 aromatic heterocycles. The minimum Gasteiger partial charge on any atom is -0.505 e. The average molecular weight is 560 g/mol. The molecular formula is C25H19Cl2N3O6S. The van der Waals surface area contributed by atoms with E-state index in [1.807, 2.05) is 0 Å². The predicted octanol–water partition coefficient (Wildman–Crippen LogP) is 7.08. The summed E-state index contributed by atoms with van der Waals surface area (Å²) in [7, 11) is -3.22. The number of rotatable bonds is 6. The third-order valence-electron chi connectivity index (χ3n) is 5.41. The Morgan fingerprint density at radius 2 is 1.70 bits per heavy atom. The maximum atomic E-state index is 13.1. The van der Waals surface area contributed by atoms with Gasteiger partial charge in [0.25, 0.3) is 16.0 Å². The first-order valence-electron chi connectivity index (χ1n) is 10.6. The molecule has 9 nitrogen and oxygen atoms in total. The molecule has 0 aliphatic rings. The third-order valence-corrected chi connectivity index (χ3v) is 6.79. The van der Waals surface area contributed by atoms with E-state index in [1.165, 1.54) is 32.2 Å². The summed E-state index contributed by atoms with van der Waals surface area (Å²) in [4.78, 5) is 12.6. The Balaban J connectivity index is 1.82. The van der Waals surface area contributed by atoms with E-state index in [-0.39, 0.29) is 27.0 Å². The number of carbonyl (C=O) groups excluding carboxylic acids is 1. The molecule has 0 spiro atoms. The number of methoxy groups -OCH3 is 1. The molecule has 0 heterocycles. The highest BCUT2D eigenvalue weighted by molar-refractivity contribution is 7.86. The van der Waals surface area contributed by atoms with Crippen LogP contribution in [0.25, 0.3) is 10.8 Å². The van der Waals surface area contributed by atoms with Crippen LogP contribution >= 0.6 is 23.2 Å². The van der Waals surface area contributed by atoms with Crippen molar-refractivity contribution in [2.45, 2.75) is 11.8 Å². The fraction of sp³-hybridized carbons (Fsp3) is 0.0800. The lowest BCUT2D eigenvalue weighted by Crippen LogP contribution is -2.12. The second kappa shape index (κ2) is 10.3. The van der Waals surface area contributed by atoms with Crippen LogP contribution in [-0.2, 0) is 10.1 Å². The Labute approximate surface area is 222 Å². The van der Waals surface area contributed by atoms with Gasteiger partial charge in [-0.05, 0) is 54.3 Å². The third kappa shape index (κ3) is 5.52. The first kappa shape index (κ1) is 26.4. The molecular weight excluding hydrogens is 541 g/mol. The molecule has 190 valence electrons. The molecule has 12 heteroatoms. The van der Waals surface area contributed by atoms with Gasteiger partial charge in [0.1, 0.15) is 22.0 Å². The number of amides is 1. The Morgan fingerprint density at radius 3 is 2.38 bits per heavy atom. The summed E-state index contributed by atoms with van der Waals surface area (Å²) in [5.74, 6) is -0.709. The van der Waals surface area contributed by atoms with Crippen molar-refractivity contribution in [2.75, 3.05) is 12.4 Å². The van der Waals surface area contributed by atoms with Gasteiger partial charge in [-0.2, -0.15) is 8.42 Å². The summed E-state index contributed by atoms with van der Waals surface area (Å²) in [6.45, 7) is 1.54. The number of benzene rings is 4. The molecule has 0 unspecified atom stereocenters. The molecule has 0 saturated heterocycles. The number of fused-ring (bicyclic) bond motifs is 1. The molecule has 0 saturated carbocycles. The van der Waals surface area contributed by atoms with Gasteiger partial charge in [0.2, 0.25) is 0 Å². The number of anilines is 1. The van der Waals surface area contributed by atoms with Gasteiger partial charge in [-0.1, -0.05) is 47.5 Å². The molecule has 4 aromatic rings. The van der Waals surface area contributed by atoms with Crippen LogP contribution in [0.15, 0.2) is 75.8 Å². The number of phenolic OH excluding ortho intramolecular Hbond substituents is 1. The lowest BCUT2D eigenvalue weighted by Gasteiger charge is -2.12. The van der Waals surface area contributed by atoms with Crippen LogP contribution in [0.1, 0.15) is 15.9 Å². The van der Waals surface area contributed by atoms with Crippen molar-refractivity contribution < 1.29 is 27.6 Å². The number of azo groups is 1. The number of ether oxygens (including phenoxy) is 1. The van der Waals surface area contributed by atoms with Gasteiger partial charge in [0, 0.05) is 16.1 Å². The van der Waals surface area contributed by atoms with Crippen LogP contribution in [0.4, 0.5) is 17.1 Å². The van der Waals surface area contributed by atoms with E-state index in [0.717, 1.165) is 6.07 Å². The molecule has 0 atom stereocenters. The van der Waals surface area contributed by atoms with Crippen molar-refractivity contribution in [3.05, 3.63) is 81.8 Å². The van der Waals surface area contributed by atoms with Gasteiger partial charge in [0.05, 0.1) is 17.7 Å². The van der Waals surface area contributed by atoms with Crippen molar-refractivity contribution in [1.29, 1.82) is 0 Å². The molecule has 0 fully saturated rings. The molecule has 0 bridgehead atoms. The standard InChI is InChI=1S/C25H19Cl2N3O6S/c1-13-9-15(26)11-21(37(33,34)35)22(13)29-30-23-17-6-4-3-5-14(17)10-18(24(23)31)25(32)28-16-7-8-20(36-2)19(27)12-16/h3-12,31H,1-2H3,(H,28,32)(H,33,34,35). The number of halogens is 2. The first-order valence-corrected chi connectivity index (χ1v) is 12.8. The normalized spacial score (nSPS) is 11.7. The molecule has 0 radical (unpaired) electrons. The summed E-state index contributed by atoms with van der Waals surface area (Å²) in [5, 5.41) is 23.2. The molecule has 0 aliphatic heterocycles. The summed E-state index contributed by atoms with van der Waals surface area (Å²) in [6.07, 6.45) is 0. The number of nitrogens with one attached hydrogen (secondary N) is 1. The largest absolute Gasteiger partial charge is 0.505 e. The Bertz CT molecular complexity index is 1690. The van der Waals surface area contributed by atoms with E-state index in [1.54, 1.807) is 36.4 Å². The van der Waals surface area contributed by atoms with Crippen molar-refractivity contribution in [3.8, 4) is 11.5 Å². The molecule has 1 amide bonds. The van der Waals surface area contributed by atoms with Crippen molar-refractivity contribution in [2.24, 2.45) is 10.2 Å². The van der Waals surface area contributed by atoms with E-state index < -0.39 is 26.7 Å². The topological polar surface area (TPSA) is 138 Å². The molecule has 3 N–H and O–H groups in total. The van der Waals surface area contributed by atoms with Crippen LogP contribution in [-0.4, -0.2) is 31.1 Å². The zero-order chi connectivity index (χ0) is 26.9. The van der Waals surface area contributed by atoms with E-state index in [4.69, 9.17) is 27.9 Å². The second-order valence-electron chi connectivity index (χ2n) is 7.89. The van der Waals surface area contributed by atoms with Crippen LogP contribution < -0.4 is 10.1 Å². The van der Waals surface area contributed by atoms with Gasteiger partial charge < -0.3 is 15.2 Å². The second-order valence-corrected chi connectivity index (χ2v) is 10.1. The highest BCUT2D eigenvalue weighted by atomic mass is 35.5. The summed E-state index contributed by atoms with van der Waals surface area (Å²) in [5.41, 5.74) is 0.325. The Kier molecular flexibility index (Phi) is 7.37. The molecule has 0 aliphatic carbocycles. The van der Waals surface area contributed by atoms with Crippen molar-refractivity contribution in [3.63, 3.8) is 0 Å². The van der Waals surface area contributed by atoms with E-state index in [9.17, 15) is 22.9 Å². The molecule has 4 rings (SSSR count). The number of hydrogen-bond donors (Lipinski definition) is 3. The monoisotopic (exact) mass is 559 g/mol. The van der Waals surface area contributed by atoms with E-state index in [2.05, 4.69) is 15.5 Å². The van der Waals surface area contributed by atoms with Crippen LogP contribution in [0, 0.1) is 6.92 Å². The lowest BCUT2D eigenvalue weighted by molar-refractivity contribution is 0.102. The van der Waals surface area contributed by atoms with Gasteiger partial charge in [-0.3, -0.25) is 9.35 Å². The van der Waals surface area contributed by atoms with Gasteiger partial charge in [-0.15, -0.1) is 10.2 Å². The lowest BCUT2D eigenvalue weighted by atomic mass is 10.0. The van der Waals surface area contributed by atoms with Crippen LogP contribution in [0.3, 0.4) is 0 Å². The summed E-state index contributed by atoms with van der Waals surface area (Å²) < 4.78 is 38.6. The number of aromatic hydroxyl groups is 1. The zero-order valence-corrected chi connectivity index (χ0v) is 21.7. The fourth-order valence-corrected chi connectivity index (χ4v) is 4.98. The van der Waals surface area contributed by atoms with Crippen molar-refractivity contribution in [1.82, 2.24) is 0 Å². The minimum atomic E-state index is -4.68. The maximum Gasteiger partial charge on any atom is 0.296 e. The number of phenols is 1. The predicted molar refractivity (Wildman–Crippen MR) is 142 cm³/mol. The van der Waals surface area contributed by atoms with Crippen LogP contribution in [0.5, 0.6) is 11.5 Å². The molecule has 37 heavy (non-hydrogen) atoms. The minimum absolute atomic E-state index is 0.0772. The number of aryl methyl sites for hydroxylation is 1. The van der Waals surface area contributed by atoms with E-state index in [0.29, 0.717) is 27.8 Å². The average Bonchev–Trinajstić information content (AvgIpc) is 2.83. The van der Waals surface area contributed by atoms with Crippen molar-refractivity contribution >= 4 is 67.1 Å². The summed E-state index contributed by atoms with van der Waals surface area (Å²) in [6, 6.07) is 15.5. The quantitative estimate of drug-likeness (QED) is 0.170. The maximum absolute atomic E-state index is 13.1. The highest BCUT2D eigenvalue weighted by Crippen LogP contribution is 2.41.